The molecule has 1 rings (SSSR count). The molecule has 7 nitrogen and oxygen atoms in total. The van der Waals surface area contributed by atoms with Crippen LogP contribution in [0.25, 0.3) is 0 Å². The van der Waals surface area contributed by atoms with Crippen molar-refractivity contribution in [2.24, 2.45) is 5.73 Å². The Labute approximate surface area is 116 Å². The Balaban J connectivity index is 3.07. The van der Waals surface area contributed by atoms with Gasteiger partial charge in [-0.15, -0.1) is 0 Å². The van der Waals surface area contributed by atoms with E-state index in [1.165, 1.54) is 25.1 Å². The quantitative estimate of drug-likeness (QED) is 0.693. The highest BCUT2D eigenvalue weighted by molar-refractivity contribution is 7.89. The third-order valence-electron chi connectivity index (χ3n) is 2.62. The summed E-state index contributed by atoms with van der Waals surface area (Å²) in [5.74, 6) is -1.83. The third-order valence-corrected chi connectivity index (χ3v) is 4.21. The van der Waals surface area contributed by atoms with Crippen LogP contribution in [0.1, 0.15) is 29.3 Å². The zero-order chi connectivity index (χ0) is 15.5. The number of aryl methyl sites for hydroxylation is 1. The van der Waals surface area contributed by atoms with Crippen LogP contribution >= 0.6 is 0 Å². The number of primary amides is 1. The standard InChI is InChI=1S/C12H16N2O5S/c1-7-3-4-9(6-10(7)12(13)17)20(18,19)14-8(2)5-11(15)16/h3-4,6,8,14H,5H2,1-2H3,(H2,13,17)(H,15,16). The minimum absolute atomic E-state index is 0.110. The molecule has 1 unspecified atom stereocenters. The van der Waals surface area contributed by atoms with Crippen molar-refractivity contribution < 1.29 is 23.1 Å². The molecular formula is C12H16N2O5S. The fraction of sp³-hybridized carbons (Fsp3) is 0.333. The monoisotopic (exact) mass is 300 g/mol. The zero-order valence-corrected chi connectivity index (χ0v) is 11.9. The number of hydrogen-bond donors (Lipinski definition) is 3. The van der Waals surface area contributed by atoms with E-state index in [9.17, 15) is 18.0 Å². The number of carboxylic acids is 1. The number of amides is 1. The van der Waals surface area contributed by atoms with E-state index in [4.69, 9.17) is 10.8 Å². The fourth-order valence-electron chi connectivity index (χ4n) is 1.67. The smallest absolute Gasteiger partial charge is 0.304 e. The van der Waals surface area contributed by atoms with Gasteiger partial charge in [0.05, 0.1) is 11.3 Å². The number of nitrogens with one attached hydrogen (secondary N) is 1. The Morgan fingerprint density at radius 3 is 2.50 bits per heavy atom. The van der Waals surface area contributed by atoms with Crippen molar-refractivity contribution in [3.8, 4) is 0 Å². The van der Waals surface area contributed by atoms with Crippen LogP contribution in [0, 0.1) is 6.92 Å². The maximum absolute atomic E-state index is 12.1. The zero-order valence-electron chi connectivity index (χ0n) is 11.1. The molecule has 0 aromatic heterocycles. The van der Waals surface area contributed by atoms with E-state index in [1.807, 2.05) is 0 Å². The minimum Gasteiger partial charge on any atom is -0.481 e. The maximum Gasteiger partial charge on any atom is 0.304 e. The number of carbonyl (C=O) groups is 2. The van der Waals surface area contributed by atoms with Gasteiger partial charge in [-0.3, -0.25) is 9.59 Å². The summed E-state index contributed by atoms with van der Waals surface area (Å²) >= 11 is 0. The summed E-state index contributed by atoms with van der Waals surface area (Å²) in [6, 6.07) is 3.21. The van der Waals surface area contributed by atoms with E-state index in [-0.39, 0.29) is 16.9 Å². The highest BCUT2D eigenvalue weighted by atomic mass is 32.2. The first-order valence-electron chi connectivity index (χ1n) is 5.78. The van der Waals surface area contributed by atoms with Crippen molar-refractivity contribution in [1.82, 2.24) is 4.72 Å². The molecular weight excluding hydrogens is 284 g/mol. The number of rotatable bonds is 6. The topological polar surface area (TPSA) is 127 Å². The SMILES string of the molecule is Cc1ccc(S(=O)(=O)NC(C)CC(=O)O)cc1C(N)=O. The predicted octanol–water partition coefficient (Wildman–Crippen LogP) is 0.235. The maximum atomic E-state index is 12.1. The van der Waals surface area contributed by atoms with Gasteiger partial charge in [0.1, 0.15) is 0 Å². The van der Waals surface area contributed by atoms with E-state index in [0.29, 0.717) is 5.56 Å². The molecule has 1 atom stereocenters. The van der Waals surface area contributed by atoms with Crippen molar-refractivity contribution >= 4 is 21.9 Å². The van der Waals surface area contributed by atoms with Crippen LogP contribution in [0.4, 0.5) is 0 Å². The summed E-state index contributed by atoms with van der Waals surface area (Å²) in [5.41, 5.74) is 5.84. The fourth-order valence-corrected chi connectivity index (χ4v) is 2.94. The molecule has 0 aliphatic rings. The van der Waals surface area contributed by atoms with E-state index < -0.39 is 27.9 Å². The lowest BCUT2D eigenvalue weighted by molar-refractivity contribution is -0.137. The molecule has 1 amide bonds. The van der Waals surface area contributed by atoms with Crippen LogP contribution in [0.2, 0.25) is 0 Å². The Hall–Kier alpha value is -1.93. The number of benzene rings is 1. The molecule has 0 bridgehead atoms. The number of sulfonamides is 1. The molecule has 4 N–H and O–H groups in total. The van der Waals surface area contributed by atoms with Crippen molar-refractivity contribution in [3.63, 3.8) is 0 Å². The van der Waals surface area contributed by atoms with Crippen LogP contribution in [0.15, 0.2) is 23.1 Å². The van der Waals surface area contributed by atoms with Gasteiger partial charge in [-0.1, -0.05) is 6.07 Å². The summed E-state index contributed by atoms with van der Waals surface area (Å²) < 4.78 is 26.3. The van der Waals surface area contributed by atoms with Gasteiger partial charge in [0.2, 0.25) is 15.9 Å². The molecule has 0 fully saturated rings. The Kier molecular flexibility index (Phi) is 4.85. The Morgan fingerprint density at radius 2 is 2.00 bits per heavy atom. The lowest BCUT2D eigenvalue weighted by Gasteiger charge is -2.13. The van der Waals surface area contributed by atoms with Gasteiger partial charge < -0.3 is 10.8 Å². The van der Waals surface area contributed by atoms with Gasteiger partial charge in [-0.05, 0) is 31.5 Å². The highest BCUT2D eigenvalue weighted by Crippen LogP contribution is 2.16. The van der Waals surface area contributed by atoms with Crippen LogP contribution in [-0.4, -0.2) is 31.4 Å². The average molecular weight is 300 g/mol. The lowest BCUT2D eigenvalue weighted by Crippen LogP contribution is -2.34. The first-order chi connectivity index (χ1) is 9.13. The molecule has 8 heteroatoms. The summed E-state index contributed by atoms with van der Waals surface area (Å²) in [5, 5.41) is 8.61. The van der Waals surface area contributed by atoms with E-state index in [0.717, 1.165) is 0 Å². The van der Waals surface area contributed by atoms with Crippen LogP contribution in [0.3, 0.4) is 0 Å². The van der Waals surface area contributed by atoms with Crippen LogP contribution in [0.5, 0.6) is 0 Å². The van der Waals surface area contributed by atoms with Crippen molar-refractivity contribution in [2.75, 3.05) is 0 Å². The molecule has 20 heavy (non-hydrogen) atoms. The molecule has 0 saturated heterocycles. The van der Waals surface area contributed by atoms with Crippen molar-refractivity contribution in [3.05, 3.63) is 29.3 Å². The Morgan fingerprint density at radius 1 is 1.40 bits per heavy atom. The molecule has 0 spiro atoms. The van der Waals surface area contributed by atoms with Gasteiger partial charge in [0.25, 0.3) is 0 Å². The van der Waals surface area contributed by atoms with Crippen molar-refractivity contribution in [1.29, 1.82) is 0 Å². The van der Waals surface area contributed by atoms with Gasteiger partial charge in [0.15, 0.2) is 0 Å². The molecule has 110 valence electrons. The normalized spacial score (nSPS) is 12.9. The molecule has 0 aliphatic carbocycles. The number of aliphatic carboxylic acids is 1. The van der Waals surface area contributed by atoms with E-state index in [2.05, 4.69) is 4.72 Å². The van der Waals surface area contributed by atoms with Gasteiger partial charge in [-0.2, -0.15) is 0 Å². The third kappa shape index (κ3) is 4.04. The molecule has 1 aromatic carbocycles. The largest absolute Gasteiger partial charge is 0.481 e. The number of carboxylic acid groups (broad SMARTS) is 1. The summed E-state index contributed by atoms with van der Waals surface area (Å²) in [7, 11) is -3.90. The van der Waals surface area contributed by atoms with Gasteiger partial charge in [0, 0.05) is 11.6 Å². The second-order valence-corrected chi connectivity index (χ2v) is 6.18. The molecule has 0 saturated carbocycles. The highest BCUT2D eigenvalue weighted by Gasteiger charge is 2.20. The first kappa shape index (κ1) is 16.1. The lowest BCUT2D eigenvalue weighted by atomic mass is 10.1. The second-order valence-electron chi connectivity index (χ2n) is 4.46. The van der Waals surface area contributed by atoms with Crippen molar-refractivity contribution in [2.45, 2.75) is 31.2 Å². The average Bonchev–Trinajstić information content (AvgIpc) is 2.26. The summed E-state index contributed by atoms with van der Waals surface area (Å²) in [6.07, 6.45) is -0.340. The number of nitrogens with two attached hydrogens (primary N) is 1. The molecule has 1 aromatic rings. The second kappa shape index (κ2) is 6.02. The molecule has 0 radical (unpaired) electrons. The number of hydrogen-bond acceptors (Lipinski definition) is 4. The number of carbonyl (C=O) groups excluding carboxylic acids is 1. The summed E-state index contributed by atoms with van der Waals surface area (Å²) in [6.45, 7) is 3.08. The minimum atomic E-state index is -3.90. The van der Waals surface area contributed by atoms with E-state index in [1.54, 1.807) is 6.92 Å². The van der Waals surface area contributed by atoms with Crippen LogP contribution < -0.4 is 10.5 Å². The first-order valence-corrected chi connectivity index (χ1v) is 7.26. The Bertz CT molecular complexity index is 639. The van der Waals surface area contributed by atoms with Gasteiger partial charge >= 0.3 is 5.97 Å². The molecule has 0 heterocycles. The van der Waals surface area contributed by atoms with Gasteiger partial charge in [-0.25, -0.2) is 13.1 Å². The summed E-state index contributed by atoms with van der Waals surface area (Å²) in [4.78, 5) is 21.6. The molecule has 0 aliphatic heterocycles. The van der Waals surface area contributed by atoms with E-state index >= 15 is 0 Å². The predicted molar refractivity (Wildman–Crippen MR) is 71.7 cm³/mol. The van der Waals surface area contributed by atoms with Crippen LogP contribution in [-0.2, 0) is 14.8 Å².